The number of fused-ring (bicyclic) bond motifs is 2. The molecule has 86 valence electrons. The molecule has 0 aromatic heterocycles. The lowest BCUT2D eigenvalue weighted by atomic mass is 9.69. The summed E-state index contributed by atoms with van der Waals surface area (Å²) in [6.07, 6.45) is -0.127. The topological polar surface area (TPSA) is 72.8 Å². The Bertz CT molecular complexity index is 255. The number of aliphatic hydroxyl groups is 1. The van der Waals surface area contributed by atoms with Gasteiger partial charge in [0, 0.05) is 38.0 Å². The minimum absolute atomic E-state index is 0.0334. The van der Waals surface area contributed by atoms with Crippen molar-refractivity contribution >= 4 is 5.97 Å². The number of piperidine rings is 2. The van der Waals surface area contributed by atoms with Gasteiger partial charge in [0.15, 0.2) is 0 Å². The summed E-state index contributed by atoms with van der Waals surface area (Å²) >= 11 is 0. The van der Waals surface area contributed by atoms with Gasteiger partial charge in [-0.25, -0.2) is 0 Å². The number of hydrogen-bond donors (Lipinski definition) is 3. The first-order valence-corrected chi connectivity index (χ1v) is 5.36. The van der Waals surface area contributed by atoms with Crippen molar-refractivity contribution in [1.29, 1.82) is 0 Å². The van der Waals surface area contributed by atoms with Crippen LogP contribution in [0.5, 0.6) is 0 Å². The van der Waals surface area contributed by atoms with E-state index in [4.69, 9.17) is 5.11 Å². The van der Waals surface area contributed by atoms with Gasteiger partial charge in [0.1, 0.15) is 0 Å². The van der Waals surface area contributed by atoms with Gasteiger partial charge in [-0.3, -0.25) is 4.79 Å². The number of nitrogens with zero attached hydrogens (tertiary/aromatic N) is 1. The molecule has 0 radical (unpaired) electrons. The van der Waals surface area contributed by atoms with Crippen molar-refractivity contribution in [3.8, 4) is 0 Å². The van der Waals surface area contributed by atoms with Gasteiger partial charge in [0.2, 0.25) is 0 Å². The van der Waals surface area contributed by atoms with E-state index in [1.54, 1.807) is 0 Å². The molecule has 0 aliphatic carbocycles. The van der Waals surface area contributed by atoms with Crippen molar-refractivity contribution in [1.82, 2.24) is 10.2 Å². The van der Waals surface area contributed by atoms with Crippen LogP contribution in [0.25, 0.3) is 0 Å². The summed E-state index contributed by atoms with van der Waals surface area (Å²) in [4.78, 5) is 13.0. The first-order chi connectivity index (χ1) is 7.02. The van der Waals surface area contributed by atoms with Gasteiger partial charge in [-0.05, 0) is 7.05 Å². The maximum absolute atomic E-state index is 10.8. The number of rotatable bonds is 2. The molecule has 2 unspecified atom stereocenters. The summed E-state index contributed by atoms with van der Waals surface area (Å²) in [5.41, 5.74) is -1.01. The molecule has 2 heterocycles. The Kier molecular flexibility index (Phi) is 2.70. The Morgan fingerprint density at radius 2 is 2.00 bits per heavy atom. The normalized spacial score (nSPS) is 41.5. The fourth-order valence-corrected chi connectivity index (χ4v) is 2.92. The number of carboxylic acids is 1. The highest BCUT2D eigenvalue weighted by Gasteiger charge is 2.50. The molecule has 2 bridgehead atoms. The molecule has 0 saturated carbocycles. The van der Waals surface area contributed by atoms with Gasteiger partial charge in [-0.2, -0.15) is 0 Å². The summed E-state index contributed by atoms with van der Waals surface area (Å²) in [6, 6.07) is 0. The summed E-state index contributed by atoms with van der Waals surface area (Å²) in [5, 5.41) is 22.6. The Labute approximate surface area is 89.1 Å². The first-order valence-electron chi connectivity index (χ1n) is 5.36. The minimum Gasteiger partial charge on any atom is -0.481 e. The Balaban J connectivity index is 2.19. The van der Waals surface area contributed by atoms with Gasteiger partial charge < -0.3 is 20.4 Å². The SMILES string of the molecule is CN1CC2CNCC(C1)C2(O)CC(=O)O. The van der Waals surface area contributed by atoms with Gasteiger partial charge in [0.05, 0.1) is 12.0 Å². The van der Waals surface area contributed by atoms with Crippen molar-refractivity contribution in [3.63, 3.8) is 0 Å². The zero-order valence-corrected chi connectivity index (χ0v) is 8.94. The van der Waals surface area contributed by atoms with Crippen LogP contribution in [0.2, 0.25) is 0 Å². The molecular formula is C10H18N2O3. The molecular weight excluding hydrogens is 196 g/mol. The van der Waals surface area contributed by atoms with E-state index in [0.29, 0.717) is 13.1 Å². The third-order valence-corrected chi connectivity index (χ3v) is 3.69. The second-order valence-electron chi connectivity index (χ2n) is 4.84. The van der Waals surface area contributed by atoms with Crippen LogP contribution >= 0.6 is 0 Å². The fourth-order valence-electron chi connectivity index (χ4n) is 2.92. The number of hydrogen-bond acceptors (Lipinski definition) is 4. The molecule has 5 nitrogen and oxygen atoms in total. The summed E-state index contributed by atoms with van der Waals surface area (Å²) in [7, 11) is 2.02. The number of likely N-dealkylation sites (tertiary alicyclic amines) is 1. The van der Waals surface area contributed by atoms with Crippen molar-refractivity contribution in [2.75, 3.05) is 33.2 Å². The molecule has 0 aromatic carbocycles. The molecule has 2 aliphatic heterocycles. The predicted molar refractivity (Wildman–Crippen MR) is 54.5 cm³/mol. The second-order valence-corrected chi connectivity index (χ2v) is 4.84. The van der Waals surface area contributed by atoms with Crippen molar-refractivity contribution in [2.24, 2.45) is 11.8 Å². The maximum Gasteiger partial charge on any atom is 0.306 e. The van der Waals surface area contributed by atoms with E-state index in [0.717, 1.165) is 13.1 Å². The lowest BCUT2D eigenvalue weighted by molar-refractivity contribution is -0.162. The summed E-state index contributed by atoms with van der Waals surface area (Å²) in [5.74, 6) is -0.837. The molecule has 0 aromatic rings. The Hall–Kier alpha value is -0.650. The van der Waals surface area contributed by atoms with Crippen molar-refractivity contribution in [2.45, 2.75) is 12.0 Å². The third-order valence-electron chi connectivity index (χ3n) is 3.69. The van der Waals surface area contributed by atoms with Crippen LogP contribution < -0.4 is 5.32 Å². The number of carbonyl (C=O) groups is 1. The Morgan fingerprint density at radius 1 is 1.47 bits per heavy atom. The highest BCUT2D eigenvalue weighted by molar-refractivity contribution is 5.68. The van der Waals surface area contributed by atoms with Gasteiger partial charge >= 0.3 is 5.97 Å². The highest BCUT2D eigenvalue weighted by atomic mass is 16.4. The molecule has 2 fully saturated rings. The van der Waals surface area contributed by atoms with Crippen LogP contribution in [0.1, 0.15) is 6.42 Å². The van der Waals surface area contributed by atoms with Crippen LogP contribution in [0.15, 0.2) is 0 Å². The van der Waals surface area contributed by atoms with E-state index in [1.165, 1.54) is 0 Å². The average molecular weight is 214 g/mol. The molecule has 3 N–H and O–H groups in total. The largest absolute Gasteiger partial charge is 0.481 e. The molecule has 2 aliphatic rings. The van der Waals surface area contributed by atoms with Crippen LogP contribution in [0.4, 0.5) is 0 Å². The predicted octanol–water partition coefficient (Wildman–Crippen LogP) is -1.03. The van der Waals surface area contributed by atoms with Crippen LogP contribution in [-0.2, 0) is 4.79 Å². The zero-order valence-electron chi connectivity index (χ0n) is 8.94. The average Bonchev–Trinajstić information content (AvgIpc) is 2.06. The quantitative estimate of drug-likeness (QED) is 0.548. The monoisotopic (exact) mass is 214 g/mol. The second kappa shape index (κ2) is 3.73. The van der Waals surface area contributed by atoms with Crippen molar-refractivity contribution in [3.05, 3.63) is 0 Å². The Morgan fingerprint density at radius 3 is 2.47 bits per heavy atom. The maximum atomic E-state index is 10.8. The molecule has 15 heavy (non-hydrogen) atoms. The lowest BCUT2D eigenvalue weighted by Gasteiger charge is -2.52. The van der Waals surface area contributed by atoms with Gasteiger partial charge in [-0.1, -0.05) is 0 Å². The minimum atomic E-state index is -1.01. The van der Waals surface area contributed by atoms with E-state index < -0.39 is 11.6 Å². The smallest absolute Gasteiger partial charge is 0.306 e. The summed E-state index contributed by atoms with van der Waals surface area (Å²) < 4.78 is 0. The van der Waals surface area contributed by atoms with Crippen LogP contribution in [0, 0.1) is 11.8 Å². The molecule has 2 atom stereocenters. The van der Waals surface area contributed by atoms with Crippen molar-refractivity contribution < 1.29 is 15.0 Å². The number of nitrogens with one attached hydrogen (secondary N) is 1. The molecule has 2 rings (SSSR count). The molecule has 5 heteroatoms. The number of aliphatic carboxylic acids is 1. The molecule has 0 amide bonds. The number of carboxylic acid groups (broad SMARTS) is 1. The van der Waals surface area contributed by atoms with E-state index in [2.05, 4.69) is 10.2 Å². The zero-order chi connectivity index (χ0) is 11.1. The van der Waals surface area contributed by atoms with Crippen LogP contribution in [-0.4, -0.2) is 59.9 Å². The van der Waals surface area contributed by atoms with Gasteiger partial charge in [-0.15, -0.1) is 0 Å². The van der Waals surface area contributed by atoms with E-state index >= 15 is 0 Å². The summed E-state index contributed by atoms with van der Waals surface area (Å²) in [6.45, 7) is 2.97. The fraction of sp³-hybridized carbons (Fsp3) is 0.900. The van der Waals surface area contributed by atoms with E-state index in [-0.39, 0.29) is 18.3 Å². The first kappa shape index (κ1) is 10.9. The van der Waals surface area contributed by atoms with Gasteiger partial charge in [0.25, 0.3) is 0 Å². The standard InChI is InChI=1S/C10H18N2O3/c1-12-5-7-3-11-4-8(6-12)10(7,15)2-9(13)14/h7-8,11,15H,2-6H2,1H3,(H,13,14). The lowest BCUT2D eigenvalue weighted by Crippen LogP contribution is -2.66. The van der Waals surface area contributed by atoms with E-state index in [1.807, 2.05) is 7.05 Å². The third kappa shape index (κ3) is 1.87. The van der Waals surface area contributed by atoms with Crippen LogP contribution in [0.3, 0.4) is 0 Å². The molecule has 0 spiro atoms. The molecule has 2 saturated heterocycles. The highest BCUT2D eigenvalue weighted by Crippen LogP contribution is 2.37. The van der Waals surface area contributed by atoms with E-state index in [9.17, 15) is 9.90 Å².